The summed E-state index contributed by atoms with van der Waals surface area (Å²) in [7, 11) is 3.29. The van der Waals surface area contributed by atoms with E-state index in [1.165, 1.54) is 34.6 Å². The fourth-order valence-corrected chi connectivity index (χ4v) is 4.56. The lowest BCUT2D eigenvalue weighted by Gasteiger charge is -2.20. The Bertz CT molecular complexity index is 1970. The smallest absolute Gasteiger partial charge is 0.302 e. The highest BCUT2D eigenvalue weighted by Gasteiger charge is 2.22. The molecule has 0 aliphatic carbocycles. The van der Waals surface area contributed by atoms with E-state index in [4.69, 9.17) is 4.74 Å². The Morgan fingerprint density at radius 2 is 1.86 bits per heavy atom. The minimum Gasteiger partial charge on any atom is -0.461 e. The lowest BCUT2D eigenvalue weighted by molar-refractivity contribution is -0.142. The molecule has 0 atom stereocenters. The Kier molecular flexibility index (Phi) is 7.19. The molecule has 4 heterocycles. The molecule has 0 amide bonds. The molecule has 1 N–H and O–H groups in total. The number of aryl methyl sites for hydroxylation is 2. The molecule has 0 saturated carbocycles. The van der Waals surface area contributed by atoms with Gasteiger partial charge in [-0.25, -0.2) is 9.37 Å². The summed E-state index contributed by atoms with van der Waals surface area (Å²) in [6, 6.07) is 6.37. The number of hydrogen-bond acceptors (Lipinski definition) is 9. The van der Waals surface area contributed by atoms with Gasteiger partial charge < -0.3 is 14.6 Å². The quantitative estimate of drug-likeness (QED) is 0.303. The molecule has 5 rings (SSSR count). The van der Waals surface area contributed by atoms with Crippen LogP contribution in [0.2, 0.25) is 0 Å². The Morgan fingerprint density at radius 1 is 1.10 bits per heavy atom. The highest BCUT2D eigenvalue weighted by atomic mass is 19.1. The van der Waals surface area contributed by atoms with Crippen LogP contribution in [0, 0.1) is 5.82 Å². The fourth-order valence-electron chi connectivity index (χ4n) is 4.56. The van der Waals surface area contributed by atoms with Crippen LogP contribution >= 0.6 is 0 Å². The number of halogens is 1. The van der Waals surface area contributed by atoms with Gasteiger partial charge in [0.05, 0.1) is 17.8 Å². The monoisotopic (exact) mass is 572 g/mol. The largest absolute Gasteiger partial charge is 0.461 e. The average Bonchev–Trinajstić information content (AvgIpc) is 3.33. The third kappa shape index (κ3) is 5.40. The van der Waals surface area contributed by atoms with Gasteiger partial charge in [0.1, 0.15) is 18.1 Å². The van der Waals surface area contributed by atoms with E-state index in [2.05, 4.69) is 25.7 Å². The van der Waals surface area contributed by atoms with E-state index in [0.717, 1.165) is 10.2 Å². The van der Waals surface area contributed by atoms with Crippen molar-refractivity contribution in [2.24, 2.45) is 14.1 Å². The maximum absolute atomic E-state index is 15.4. The summed E-state index contributed by atoms with van der Waals surface area (Å²) in [5.74, 6) is -0.807. The molecule has 42 heavy (non-hydrogen) atoms. The van der Waals surface area contributed by atoms with Crippen molar-refractivity contribution in [2.45, 2.75) is 39.7 Å². The van der Waals surface area contributed by atoms with Crippen LogP contribution in [-0.4, -0.2) is 40.3 Å². The van der Waals surface area contributed by atoms with Gasteiger partial charge in [-0.15, -0.1) is 5.10 Å². The molecule has 5 aromatic rings. The second-order valence-electron chi connectivity index (χ2n) is 10.9. The van der Waals surface area contributed by atoms with Crippen molar-refractivity contribution in [2.75, 3.05) is 5.32 Å². The number of rotatable bonds is 6. The van der Waals surface area contributed by atoms with Crippen LogP contribution in [0.4, 0.5) is 15.9 Å². The van der Waals surface area contributed by atoms with E-state index < -0.39 is 17.3 Å². The van der Waals surface area contributed by atoms with E-state index >= 15 is 4.39 Å². The fraction of sp³-hybridized carbons (Fsp3) is 0.276. The van der Waals surface area contributed by atoms with Crippen molar-refractivity contribution in [3.8, 4) is 16.9 Å². The van der Waals surface area contributed by atoms with E-state index in [9.17, 15) is 14.4 Å². The first-order valence-electron chi connectivity index (χ1n) is 13.0. The van der Waals surface area contributed by atoms with Gasteiger partial charge in [0.25, 0.3) is 11.1 Å². The number of nitrogens with one attached hydrogen (secondary N) is 1. The van der Waals surface area contributed by atoms with Gasteiger partial charge in [-0.3, -0.25) is 19.1 Å². The van der Waals surface area contributed by atoms with Gasteiger partial charge in [-0.2, -0.15) is 9.78 Å². The molecule has 1 aromatic carbocycles. The molecule has 0 spiro atoms. The molecule has 216 valence electrons. The van der Waals surface area contributed by atoms with Crippen LogP contribution in [0.15, 0.2) is 58.6 Å². The number of hydrogen-bond donors (Lipinski definition) is 1. The Morgan fingerprint density at radius 3 is 2.52 bits per heavy atom. The normalized spacial score (nSPS) is 11.6. The molecule has 0 saturated heterocycles. The molecule has 0 fully saturated rings. The van der Waals surface area contributed by atoms with Gasteiger partial charge in [0.15, 0.2) is 11.6 Å². The molecule has 4 aromatic heterocycles. The van der Waals surface area contributed by atoms with E-state index in [1.54, 1.807) is 44.7 Å². The first kappa shape index (κ1) is 28.3. The molecule has 0 aliphatic rings. The summed E-state index contributed by atoms with van der Waals surface area (Å²) in [5.41, 5.74) is 0.946. The van der Waals surface area contributed by atoms with Crippen molar-refractivity contribution < 1.29 is 13.9 Å². The molecule has 13 heteroatoms. The van der Waals surface area contributed by atoms with E-state index in [0.29, 0.717) is 27.9 Å². The number of anilines is 2. The van der Waals surface area contributed by atoms with Gasteiger partial charge in [-0.1, -0.05) is 26.0 Å². The third-order valence-corrected chi connectivity index (χ3v) is 6.72. The summed E-state index contributed by atoms with van der Waals surface area (Å²) >= 11 is 0. The minimum absolute atomic E-state index is 0.0530. The Hall–Kier alpha value is -5.20. The number of nitrogens with zero attached hydrogens (tertiary/aromatic N) is 7. The van der Waals surface area contributed by atoms with E-state index in [1.807, 2.05) is 20.8 Å². The zero-order chi connectivity index (χ0) is 30.3. The van der Waals surface area contributed by atoms with Crippen molar-refractivity contribution in [1.29, 1.82) is 0 Å². The molecular weight excluding hydrogens is 543 g/mol. The molecule has 0 radical (unpaired) electrons. The Labute approximate surface area is 239 Å². The average molecular weight is 573 g/mol. The van der Waals surface area contributed by atoms with Crippen molar-refractivity contribution >= 4 is 28.2 Å². The number of carbonyl (C=O) groups excluding carboxylic acids is 1. The van der Waals surface area contributed by atoms with Crippen LogP contribution in [0.5, 0.6) is 0 Å². The third-order valence-electron chi connectivity index (χ3n) is 6.72. The van der Waals surface area contributed by atoms with Crippen LogP contribution in [-0.2, 0) is 35.6 Å². The first-order valence-corrected chi connectivity index (χ1v) is 13.0. The molecule has 0 unspecified atom stereocenters. The maximum atomic E-state index is 15.4. The topological polar surface area (TPSA) is 139 Å². The SMILES string of the molecule is CC(=O)OCc1c(-c2cc(Nc3cn(C)nn3)c(=O)n(C)c2)ccnc1-n1ncc2cc(C(C)(C)C)cc(F)c2c1=O. The summed E-state index contributed by atoms with van der Waals surface area (Å²) in [5, 5.41) is 15.4. The van der Waals surface area contributed by atoms with Gasteiger partial charge >= 0.3 is 5.97 Å². The molecular formula is C29H29FN8O4. The van der Waals surface area contributed by atoms with Crippen molar-refractivity contribution in [1.82, 2.24) is 34.3 Å². The second kappa shape index (κ2) is 10.7. The van der Waals surface area contributed by atoms with Gasteiger partial charge in [0, 0.05) is 49.9 Å². The number of carbonyl (C=O) groups is 1. The molecule has 12 nitrogen and oxygen atoms in total. The summed E-state index contributed by atoms with van der Waals surface area (Å²) < 4.78 is 24.6. The number of pyridine rings is 2. The highest BCUT2D eigenvalue weighted by molar-refractivity contribution is 5.83. The molecule has 0 aliphatic heterocycles. The van der Waals surface area contributed by atoms with E-state index in [-0.39, 0.29) is 34.5 Å². The zero-order valence-corrected chi connectivity index (χ0v) is 24.0. The summed E-state index contributed by atoms with van der Waals surface area (Å²) in [6.45, 7) is 6.85. The first-order chi connectivity index (χ1) is 19.8. The standard InChI is InChI=1S/C29H29FN8O4/c1-16(39)42-15-21-20(18-10-23(27(40)36(5)13-18)33-24-14-37(6)35-34-24)7-8-31-26(21)38-28(41)25-17(12-32-38)9-19(11-22(25)30)29(2,3)4/h7-14,33H,15H2,1-6H3. The number of fused-ring (bicyclic) bond motifs is 1. The van der Waals surface area contributed by atoms with Crippen molar-refractivity contribution in [3.63, 3.8) is 0 Å². The highest BCUT2D eigenvalue weighted by Crippen LogP contribution is 2.30. The number of benzene rings is 1. The number of ether oxygens (including phenoxy) is 1. The van der Waals surface area contributed by atoms with Crippen LogP contribution in [0.25, 0.3) is 27.7 Å². The predicted octanol–water partition coefficient (Wildman–Crippen LogP) is 3.52. The number of aromatic nitrogens is 7. The lowest BCUT2D eigenvalue weighted by atomic mass is 9.86. The van der Waals surface area contributed by atoms with Crippen LogP contribution < -0.4 is 16.4 Å². The van der Waals surface area contributed by atoms with Gasteiger partial charge in [-0.05, 0) is 40.8 Å². The maximum Gasteiger partial charge on any atom is 0.302 e. The summed E-state index contributed by atoms with van der Waals surface area (Å²) in [6.07, 6.45) is 6.09. The zero-order valence-electron chi connectivity index (χ0n) is 24.0. The number of esters is 1. The second-order valence-corrected chi connectivity index (χ2v) is 10.9. The van der Waals surface area contributed by atoms with Crippen LogP contribution in [0.3, 0.4) is 0 Å². The lowest BCUT2D eigenvalue weighted by Crippen LogP contribution is -2.25. The van der Waals surface area contributed by atoms with Crippen LogP contribution in [0.1, 0.15) is 38.8 Å². The minimum atomic E-state index is -0.718. The predicted molar refractivity (Wildman–Crippen MR) is 154 cm³/mol. The molecule has 0 bridgehead atoms. The Balaban J connectivity index is 1.70. The summed E-state index contributed by atoms with van der Waals surface area (Å²) in [4.78, 5) is 42.8. The van der Waals surface area contributed by atoms with Gasteiger partial charge in [0.2, 0.25) is 0 Å². The van der Waals surface area contributed by atoms with Crippen molar-refractivity contribution in [3.05, 3.63) is 86.7 Å².